The number of unbranched alkanes of at least 4 members (excludes halogenated alkanes) is 7. The maximum absolute atomic E-state index is 11.4. The molecular weight excluding hydrogens is 264 g/mol. The second-order valence-electron chi connectivity index (χ2n) is 5.62. The molecule has 4 N–H and O–H groups in total. The summed E-state index contributed by atoms with van der Waals surface area (Å²) in [5.41, 5.74) is 12.5. The van der Waals surface area contributed by atoms with Gasteiger partial charge < -0.3 is 11.5 Å². The van der Waals surface area contributed by atoms with Crippen molar-refractivity contribution in [2.24, 2.45) is 5.73 Å². The number of rotatable bonds is 11. The van der Waals surface area contributed by atoms with Gasteiger partial charge in [0.15, 0.2) is 0 Å². The number of hydrogen-bond acceptors (Lipinski definition) is 3. The van der Waals surface area contributed by atoms with Gasteiger partial charge in [-0.15, -0.1) is 0 Å². The van der Waals surface area contributed by atoms with Gasteiger partial charge in [0.05, 0.1) is 5.69 Å². The van der Waals surface area contributed by atoms with Crippen molar-refractivity contribution >= 4 is 11.7 Å². The van der Waals surface area contributed by atoms with E-state index in [0.717, 1.165) is 13.0 Å². The first-order valence-corrected chi connectivity index (χ1v) is 8.26. The Balaban J connectivity index is 2.34. The highest BCUT2D eigenvalue weighted by Gasteiger charge is 2.18. The zero-order valence-corrected chi connectivity index (χ0v) is 13.5. The molecule has 1 aromatic rings. The first-order chi connectivity index (χ1) is 10.1. The third kappa shape index (κ3) is 5.40. The highest BCUT2D eigenvalue weighted by atomic mass is 16.1. The number of anilines is 1. The van der Waals surface area contributed by atoms with Gasteiger partial charge in [-0.05, 0) is 12.8 Å². The molecular formula is C16H30N4O. The molecule has 1 heterocycles. The Morgan fingerprint density at radius 2 is 1.62 bits per heavy atom. The van der Waals surface area contributed by atoms with Crippen molar-refractivity contribution in [2.45, 2.75) is 78.2 Å². The minimum Gasteiger partial charge on any atom is -0.383 e. The molecule has 0 radical (unpaired) electrons. The Morgan fingerprint density at radius 1 is 1.05 bits per heavy atom. The Bertz CT molecular complexity index is 440. The first-order valence-electron chi connectivity index (χ1n) is 8.26. The van der Waals surface area contributed by atoms with Gasteiger partial charge in [0.25, 0.3) is 5.91 Å². The van der Waals surface area contributed by atoms with Gasteiger partial charge in [-0.2, -0.15) is 5.10 Å². The molecule has 5 heteroatoms. The SMILES string of the molecule is CCCCCCCCCCn1nc(CC)c(C(N)=O)c1N. The van der Waals surface area contributed by atoms with E-state index in [2.05, 4.69) is 12.0 Å². The topological polar surface area (TPSA) is 86.9 Å². The number of nitrogens with two attached hydrogens (primary N) is 2. The molecule has 0 saturated heterocycles. The second-order valence-corrected chi connectivity index (χ2v) is 5.62. The highest BCUT2D eigenvalue weighted by Crippen LogP contribution is 2.18. The quantitative estimate of drug-likeness (QED) is 0.614. The maximum atomic E-state index is 11.4. The molecule has 120 valence electrons. The fraction of sp³-hybridized carbons (Fsp3) is 0.750. The predicted octanol–water partition coefficient (Wildman–Crippen LogP) is 3.27. The number of carbonyl (C=O) groups excluding carboxylic acids is 1. The van der Waals surface area contributed by atoms with Crippen LogP contribution in [0.4, 0.5) is 5.82 Å². The molecule has 0 aliphatic heterocycles. The lowest BCUT2D eigenvalue weighted by Gasteiger charge is -2.04. The summed E-state index contributed by atoms with van der Waals surface area (Å²) in [6.07, 6.45) is 10.8. The highest BCUT2D eigenvalue weighted by molar-refractivity contribution is 5.98. The average Bonchev–Trinajstić information content (AvgIpc) is 2.78. The minimum absolute atomic E-state index is 0.400. The van der Waals surface area contributed by atoms with Crippen molar-refractivity contribution in [3.8, 4) is 0 Å². The van der Waals surface area contributed by atoms with Gasteiger partial charge >= 0.3 is 0 Å². The van der Waals surface area contributed by atoms with Gasteiger partial charge in [0.1, 0.15) is 11.4 Å². The summed E-state index contributed by atoms with van der Waals surface area (Å²) in [5.74, 6) is -0.0613. The molecule has 0 aliphatic rings. The van der Waals surface area contributed by atoms with Crippen LogP contribution < -0.4 is 11.5 Å². The standard InChI is InChI=1S/C16H30N4O/c1-3-5-6-7-8-9-10-11-12-20-15(17)14(16(18)21)13(4-2)19-20/h3-12,17H2,1-2H3,(H2,18,21). The number of aromatic nitrogens is 2. The van der Waals surface area contributed by atoms with Gasteiger partial charge in [-0.25, -0.2) is 4.68 Å². The van der Waals surface area contributed by atoms with E-state index in [1.807, 2.05) is 6.92 Å². The third-order valence-corrected chi connectivity index (χ3v) is 3.87. The Hall–Kier alpha value is -1.52. The van der Waals surface area contributed by atoms with E-state index in [1.54, 1.807) is 4.68 Å². The van der Waals surface area contributed by atoms with Crippen LogP contribution in [0.5, 0.6) is 0 Å². The molecule has 0 aromatic carbocycles. The summed E-state index contributed by atoms with van der Waals surface area (Å²) < 4.78 is 1.73. The van der Waals surface area contributed by atoms with Crippen molar-refractivity contribution in [3.05, 3.63) is 11.3 Å². The predicted molar refractivity (Wildman–Crippen MR) is 87.1 cm³/mol. The first kappa shape index (κ1) is 17.5. The molecule has 1 aromatic heterocycles. The van der Waals surface area contributed by atoms with Gasteiger partial charge in [0.2, 0.25) is 0 Å². The summed E-state index contributed by atoms with van der Waals surface area (Å²) in [5, 5.41) is 4.40. The second kappa shape index (κ2) is 9.42. The van der Waals surface area contributed by atoms with Crippen LogP contribution in [0.15, 0.2) is 0 Å². The molecule has 21 heavy (non-hydrogen) atoms. The Morgan fingerprint density at radius 3 is 2.10 bits per heavy atom. The summed E-state index contributed by atoms with van der Waals surface area (Å²) in [7, 11) is 0. The summed E-state index contributed by atoms with van der Waals surface area (Å²) in [4.78, 5) is 11.4. The number of carbonyl (C=O) groups is 1. The van der Waals surface area contributed by atoms with E-state index in [4.69, 9.17) is 11.5 Å². The number of nitrogens with zero attached hydrogens (tertiary/aromatic N) is 2. The molecule has 0 atom stereocenters. The maximum Gasteiger partial charge on any atom is 0.254 e. The molecule has 1 amide bonds. The van der Waals surface area contributed by atoms with Crippen LogP contribution in [0.3, 0.4) is 0 Å². The van der Waals surface area contributed by atoms with Crippen molar-refractivity contribution < 1.29 is 4.79 Å². The van der Waals surface area contributed by atoms with Crippen molar-refractivity contribution in [3.63, 3.8) is 0 Å². The van der Waals surface area contributed by atoms with Gasteiger partial charge in [-0.3, -0.25) is 4.79 Å². The number of hydrogen-bond donors (Lipinski definition) is 2. The fourth-order valence-electron chi connectivity index (χ4n) is 2.61. The number of nitrogen functional groups attached to an aromatic ring is 1. The van der Waals surface area contributed by atoms with Crippen LogP contribution in [0.25, 0.3) is 0 Å². The summed E-state index contributed by atoms with van der Waals surface area (Å²) in [6, 6.07) is 0. The van der Waals surface area contributed by atoms with Crippen molar-refractivity contribution in [2.75, 3.05) is 5.73 Å². The van der Waals surface area contributed by atoms with Gasteiger partial charge in [0, 0.05) is 6.54 Å². The molecule has 0 spiro atoms. The number of aryl methyl sites for hydroxylation is 2. The third-order valence-electron chi connectivity index (χ3n) is 3.87. The van der Waals surface area contributed by atoms with Crippen LogP contribution >= 0.6 is 0 Å². The number of primary amides is 1. The van der Waals surface area contributed by atoms with E-state index in [9.17, 15) is 4.79 Å². The lowest BCUT2D eigenvalue weighted by Crippen LogP contribution is -2.15. The van der Waals surface area contributed by atoms with E-state index in [-0.39, 0.29) is 0 Å². The van der Waals surface area contributed by atoms with Crippen LogP contribution in [0, 0.1) is 0 Å². The lowest BCUT2D eigenvalue weighted by molar-refractivity contribution is 0.100. The molecule has 5 nitrogen and oxygen atoms in total. The van der Waals surface area contributed by atoms with Crippen LogP contribution in [-0.2, 0) is 13.0 Å². The fourth-order valence-corrected chi connectivity index (χ4v) is 2.61. The molecule has 0 bridgehead atoms. The normalized spacial score (nSPS) is 11.0. The van der Waals surface area contributed by atoms with E-state index < -0.39 is 5.91 Å². The van der Waals surface area contributed by atoms with Crippen LogP contribution in [0.2, 0.25) is 0 Å². The van der Waals surface area contributed by atoms with Gasteiger partial charge in [-0.1, -0.05) is 58.8 Å². The molecule has 0 unspecified atom stereocenters. The van der Waals surface area contributed by atoms with E-state index >= 15 is 0 Å². The summed E-state index contributed by atoms with van der Waals surface area (Å²) in [6.45, 7) is 4.95. The average molecular weight is 294 g/mol. The van der Waals surface area contributed by atoms with Crippen molar-refractivity contribution in [1.29, 1.82) is 0 Å². The largest absolute Gasteiger partial charge is 0.383 e. The summed E-state index contributed by atoms with van der Waals surface area (Å²) >= 11 is 0. The Kier molecular flexibility index (Phi) is 7.87. The van der Waals surface area contributed by atoms with Crippen LogP contribution in [-0.4, -0.2) is 15.7 Å². The Labute approximate surface area is 128 Å². The molecule has 0 aliphatic carbocycles. The smallest absolute Gasteiger partial charge is 0.254 e. The zero-order valence-electron chi connectivity index (χ0n) is 13.5. The molecule has 1 rings (SSSR count). The molecule has 0 fully saturated rings. The van der Waals surface area contributed by atoms with E-state index in [1.165, 1.54) is 44.9 Å². The van der Waals surface area contributed by atoms with E-state index in [0.29, 0.717) is 23.5 Å². The lowest BCUT2D eigenvalue weighted by atomic mass is 10.1. The van der Waals surface area contributed by atoms with Crippen LogP contribution in [0.1, 0.15) is 81.3 Å². The minimum atomic E-state index is -0.480. The zero-order chi connectivity index (χ0) is 15.7. The van der Waals surface area contributed by atoms with Crippen molar-refractivity contribution in [1.82, 2.24) is 9.78 Å². The molecule has 0 saturated carbocycles. The monoisotopic (exact) mass is 294 g/mol. The number of amides is 1.